The van der Waals surface area contributed by atoms with Crippen LogP contribution in [0.2, 0.25) is 0 Å². The van der Waals surface area contributed by atoms with Gasteiger partial charge in [0.05, 0.1) is 17.6 Å². The number of hydrogen-bond acceptors (Lipinski definition) is 2. The number of rotatable bonds is 4. The topological polar surface area (TPSA) is 38.3 Å². The highest BCUT2D eigenvalue weighted by atomic mass is 79.9. The highest BCUT2D eigenvalue weighted by Crippen LogP contribution is 2.26. The van der Waals surface area contributed by atoms with Crippen LogP contribution in [-0.4, -0.2) is 13.0 Å². The molecule has 0 aliphatic rings. The van der Waals surface area contributed by atoms with E-state index in [0.29, 0.717) is 11.3 Å². The van der Waals surface area contributed by atoms with Crippen LogP contribution in [-0.2, 0) is 0 Å². The van der Waals surface area contributed by atoms with E-state index in [1.165, 1.54) is 0 Å². The van der Waals surface area contributed by atoms with Crippen LogP contribution >= 0.6 is 31.9 Å². The first kappa shape index (κ1) is 16.0. The van der Waals surface area contributed by atoms with Crippen molar-refractivity contribution < 1.29 is 9.53 Å². The van der Waals surface area contributed by atoms with Crippen molar-refractivity contribution in [2.45, 2.75) is 13.0 Å². The molecule has 0 heterocycles. The summed E-state index contributed by atoms with van der Waals surface area (Å²) in [4.78, 5) is 12.3. The van der Waals surface area contributed by atoms with Gasteiger partial charge in [0.1, 0.15) is 5.75 Å². The van der Waals surface area contributed by atoms with Gasteiger partial charge in [0.15, 0.2) is 0 Å². The Bertz CT molecular complexity index is 658. The molecule has 2 rings (SSSR count). The number of carbonyl (C=O) groups excluding carboxylic acids is 1. The van der Waals surface area contributed by atoms with E-state index in [0.717, 1.165) is 14.5 Å². The van der Waals surface area contributed by atoms with Crippen molar-refractivity contribution in [2.75, 3.05) is 7.11 Å². The Kier molecular flexibility index (Phi) is 5.42. The monoisotopic (exact) mass is 411 g/mol. The van der Waals surface area contributed by atoms with E-state index in [-0.39, 0.29) is 11.9 Å². The summed E-state index contributed by atoms with van der Waals surface area (Å²) >= 11 is 6.88. The zero-order valence-electron chi connectivity index (χ0n) is 11.7. The van der Waals surface area contributed by atoms with Crippen LogP contribution in [0.5, 0.6) is 5.75 Å². The first-order valence-corrected chi connectivity index (χ1v) is 8.00. The van der Waals surface area contributed by atoms with E-state index in [4.69, 9.17) is 4.74 Å². The number of ether oxygens (including phenoxy) is 1. The van der Waals surface area contributed by atoms with E-state index >= 15 is 0 Å². The fourth-order valence-electron chi connectivity index (χ4n) is 1.99. The Morgan fingerprint density at radius 2 is 1.86 bits per heavy atom. The first-order valence-electron chi connectivity index (χ1n) is 6.41. The summed E-state index contributed by atoms with van der Waals surface area (Å²) in [5, 5.41) is 2.99. The molecule has 2 aromatic carbocycles. The van der Waals surface area contributed by atoms with Gasteiger partial charge >= 0.3 is 0 Å². The third-order valence-corrected chi connectivity index (χ3v) is 4.48. The second kappa shape index (κ2) is 7.09. The average Bonchev–Trinajstić information content (AvgIpc) is 2.47. The summed E-state index contributed by atoms with van der Waals surface area (Å²) in [5.41, 5.74) is 1.63. The van der Waals surface area contributed by atoms with Crippen LogP contribution in [0.3, 0.4) is 0 Å². The molecule has 0 aliphatic heterocycles. The minimum atomic E-state index is -0.124. The SMILES string of the molecule is COc1ccc(C(=O)NC(C)c2ccccc2Br)cc1Br. The largest absolute Gasteiger partial charge is 0.496 e. The molecular formula is C16H15Br2NO2. The van der Waals surface area contributed by atoms with Gasteiger partial charge in [-0.15, -0.1) is 0 Å². The predicted octanol–water partition coefficient (Wildman–Crippen LogP) is 4.71. The molecule has 1 atom stereocenters. The molecule has 0 aliphatic carbocycles. The lowest BCUT2D eigenvalue weighted by molar-refractivity contribution is 0.0939. The average molecular weight is 413 g/mol. The van der Waals surface area contributed by atoms with Crippen molar-refractivity contribution in [1.82, 2.24) is 5.32 Å². The standard InChI is InChI=1S/C16H15Br2NO2/c1-10(12-5-3-4-6-13(12)17)19-16(20)11-7-8-15(21-2)14(18)9-11/h3-10H,1-2H3,(H,19,20). The lowest BCUT2D eigenvalue weighted by atomic mass is 10.1. The maximum absolute atomic E-state index is 12.3. The Morgan fingerprint density at radius 3 is 2.48 bits per heavy atom. The molecule has 0 spiro atoms. The minimum absolute atomic E-state index is 0.0889. The third-order valence-electron chi connectivity index (χ3n) is 3.13. The van der Waals surface area contributed by atoms with Crippen molar-refractivity contribution in [3.05, 3.63) is 62.5 Å². The molecule has 3 nitrogen and oxygen atoms in total. The van der Waals surface area contributed by atoms with Crippen LogP contribution in [0.4, 0.5) is 0 Å². The fourth-order valence-corrected chi connectivity index (χ4v) is 3.16. The Balaban J connectivity index is 2.14. The van der Waals surface area contributed by atoms with Gasteiger partial charge < -0.3 is 10.1 Å². The highest BCUT2D eigenvalue weighted by Gasteiger charge is 2.14. The van der Waals surface area contributed by atoms with Crippen molar-refractivity contribution in [3.63, 3.8) is 0 Å². The number of amides is 1. The van der Waals surface area contributed by atoms with Gasteiger partial charge in [0, 0.05) is 10.0 Å². The van der Waals surface area contributed by atoms with Crippen molar-refractivity contribution in [2.24, 2.45) is 0 Å². The third kappa shape index (κ3) is 3.86. The van der Waals surface area contributed by atoms with Crippen molar-refractivity contribution in [3.8, 4) is 5.75 Å². The number of methoxy groups -OCH3 is 1. The molecule has 5 heteroatoms. The number of benzene rings is 2. The lowest BCUT2D eigenvalue weighted by Gasteiger charge is -2.16. The fraction of sp³-hybridized carbons (Fsp3) is 0.188. The van der Waals surface area contributed by atoms with Crippen molar-refractivity contribution in [1.29, 1.82) is 0 Å². The van der Waals surface area contributed by atoms with E-state index < -0.39 is 0 Å². The molecule has 0 saturated carbocycles. The summed E-state index contributed by atoms with van der Waals surface area (Å²) in [5.74, 6) is 0.576. The molecule has 21 heavy (non-hydrogen) atoms. The van der Waals surface area contributed by atoms with Gasteiger partial charge in [-0.25, -0.2) is 0 Å². The quantitative estimate of drug-likeness (QED) is 0.789. The first-order chi connectivity index (χ1) is 10.0. The molecule has 0 fully saturated rings. The summed E-state index contributed by atoms with van der Waals surface area (Å²) < 4.78 is 6.90. The minimum Gasteiger partial charge on any atom is -0.496 e. The maximum Gasteiger partial charge on any atom is 0.251 e. The molecule has 0 aromatic heterocycles. The number of hydrogen-bond donors (Lipinski definition) is 1. The second-order valence-corrected chi connectivity index (χ2v) is 6.27. The normalized spacial score (nSPS) is 11.8. The van der Waals surface area contributed by atoms with Crippen LogP contribution < -0.4 is 10.1 Å². The second-order valence-electron chi connectivity index (χ2n) is 4.57. The van der Waals surface area contributed by atoms with E-state index in [2.05, 4.69) is 37.2 Å². The zero-order chi connectivity index (χ0) is 15.4. The number of carbonyl (C=O) groups is 1. The Labute approximate surface area is 141 Å². The van der Waals surface area contributed by atoms with E-state index in [1.54, 1.807) is 25.3 Å². The molecule has 2 aromatic rings. The molecule has 0 radical (unpaired) electrons. The number of halogens is 2. The van der Waals surface area contributed by atoms with Gasteiger partial charge in [-0.2, -0.15) is 0 Å². The van der Waals surface area contributed by atoms with Crippen LogP contribution in [0.25, 0.3) is 0 Å². The maximum atomic E-state index is 12.3. The molecule has 1 unspecified atom stereocenters. The molecule has 0 bridgehead atoms. The smallest absolute Gasteiger partial charge is 0.251 e. The van der Waals surface area contributed by atoms with Crippen molar-refractivity contribution >= 4 is 37.8 Å². The summed E-state index contributed by atoms with van der Waals surface area (Å²) in [6.45, 7) is 1.95. The molecule has 1 N–H and O–H groups in total. The summed E-state index contributed by atoms with van der Waals surface area (Å²) in [7, 11) is 1.59. The van der Waals surface area contributed by atoms with E-state index in [9.17, 15) is 4.79 Å². The Hall–Kier alpha value is -1.33. The van der Waals surface area contributed by atoms with Gasteiger partial charge in [-0.05, 0) is 52.7 Å². The summed E-state index contributed by atoms with van der Waals surface area (Å²) in [6.07, 6.45) is 0. The van der Waals surface area contributed by atoms with Gasteiger partial charge in [0.2, 0.25) is 0 Å². The summed E-state index contributed by atoms with van der Waals surface area (Å²) in [6, 6.07) is 13.0. The zero-order valence-corrected chi connectivity index (χ0v) is 14.9. The van der Waals surface area contributed by atoms with Gasteiger partial charge in [0.25, 0.3) is 5.91 Å². The number of nitrogens with one attached hydrogen (secondary N) is 1. The predicted molar refractivity (Wildman–Crippen MR) is 90.7 cm³/mol. The molecule has 110 valence electrons. The van der Waals surface area contributed by atoms with E-state index in [1.807, 2.05) is 31.2 Å². The van der Waals surface area contributed by atoms with Gasteiger partial charge in [-0.1, -0.05) is 34.1 Å². The molecule has 0 saturated heterocycles. The highest BCUT2D eigenvalue weighted by molar-refractivity contribution is 9.10. The molecular weight excluding hydrogens is 398 g/mol. The van der Waals surface area contributed by atoms with Crippen LogP contribution in [0, 0.1) is 0 Å². The van der Waals surface area contributed by atoms with Crippen LogP contribution in [0.1, 0.15) is 28.9 Å². The molecule has 1 amide bonds. The van der Waals surface area contributed by atoms with Crippen LogP contribution in [0.15, 0.2) is 51.4 Å². The Morgan fingerprint density at radius 1 is 1.14 bits per heavy atom. The lowest BCUT2D eigenvalue weighted by Crippen LogP contribution is -2.26. The van der Waals surface area contributed by atoms with Gasteiger partial charge in [-0.3, -0.25) is 4.79 Å².